The van der Waals surface area contributed by atoms with Crippen molar-refractivity contribution in [1.29, 1.82) is 0 Å². The number of aryl methyl sites for hydroxylation is 2. The summed E-state index contributed by atoms with van der Waals surface area (Å²) in [5.41, 5.74) is 1.39. The number of rotatable bonds is 9. The van der Waals surface area contributed by atoms with E-state index in [0.29, 0.717) is 24.6 Å². The van der Waals surface area contributed by atoms with Gasteiger partial charge in [0.2, 0.25) is 10.0 Å². The van der Waals surface area contributed by atoms with Gasteiger partial charge in [0.1, 0.15) is 0 Å². The molecule has 6 nitrogen and oxygen atoms in total. The molecule has 0 aromatic carbocycles. The van der Waals surface area contributed by atoms with Crippen LogP contribution in [0.5, 0.6) is 0 Å². The summed E-state index contributed by atoms with van der Waals surface area (Å²) >= 11 is 0. The standard InChI is InChI=1S/C13H24N4O2S/c1-3-12-13(10-17(2)15-12)16-20(18,19)9-5-4-8-14-11-6-7-11/h10-11,14,16H,3-9H2,1-2H3. The minimum absolute atomic E-state index is 0.164. The van der Waals surface area contributed by atoms with Crippen molar-refractivity contribution in [3.05, 3.63) is 11.9 Å². The molecule has 1 heterocycles. The maximum atomic E-state index is 12.0. The zero-order chi connectivity index (χ0) is 14.6. The van der Waals surface area contributed by atoms with E-state index in [9.17, 15) is 8.42 Å². The lowest BCUT2D eigenvalue weighted by molar-refractivity contribution is 0.591. The second-order valence-corrected chi connectivity index (χ2v) is 7.21. The average molecular weight is 300 g/mol. The van der Waals surface area contributed by atoms with Crippen LogP contribution in [0.3, 0.4) is 0 Å². The van der Waals surface area contributed by atoms with Gasteiger partial charge in [-0.2, -0.15) is 5.10 Å². The lowest BCUT2D eigenvalue weighted by Crippen LogP contribution is -2.20. The molecule has 0 unspecified atom stereocenters. The molecule has 2 N–H and O–H groups in total. The summed E-state index contributed by atoms with van der Waals surface area (Å²) in [5.74, 6) is 0.164. The molecule has 1 fully saturated rings. The van der Waals surface area contributed by atoms with Crippen molar-refractivity contribution < 1.29 is 8.42 Å². The first-order valence-electron chi connectivity index (χ1n) is 7.26. The Hall–Kier alpha value is -1.08. The molecule has 1 aromatic heterocycles. The Morgan fingerprint density at radius 3 is 2.80 bits per heavy atom. The van der Waals surface area contributed by atoms with E-state index in [4.69, 9.17) is 0 Å². The van der Waals surface area contributed by atoms with Crippen molar-refractivity contribution in [2.75, 3.05) is 17.0 Å². The molecule has 1 aromatic rings. The third-order valence-electron chi connectivity index (χ3n) is 3.36. The van der Waals surface area contributed by atoms with Crippen LogP contribution in [0.1, 0.15) is 38.3 Å². The van der Waals surface area contributed by atoms with Crippen molar-refractivity contribution >= 4 is 15.7 Å². The lowest BCUT2D eigenvalue weighted by Gasteiger charge is -2.07. The first-order chi connectivity index (χ1) is 9.50. The smallest absolute Gasteiger partial charge is 0.232 e. The Kier molecular flexibility index (Phi) is 5.04. The molecule has 0 saturated heterocycles. The first-order valence-corrected chi connectivity index (χ1v) is 8.92. The van der Waals surface area contributed by atoms with E-state index < -0.39 is 10.0 Å². The minimum Gasteiger partial charge on any atom is -0.314 e. The van der Waals surface area contributed by atoms with Crippen LogP contribution in [0.15, 0.2) is 6.20 Å². The van der Waals surface area contributed by atoms with Crippen LogP contribution in [0.25, 0.3) is 0 Å². The van der Waals surface area contributed by atoms with Crippen LogP contribution in [-0.2, 0) is 23.5 Å². The van der Waals surface area contributed by atoms with E-state index in [1.54, 1.807) is 17.9 Å². The van der Waals surface area contributed by atoms with Gasteiger partial charge in [0.15, 0.2) is 0 Å². The molecule has 0 amide bonds. The van der Waals surface area contributed by atoms with Crippen LogP contribution in [-0.4, -0.2) is 36.5 Å². The number of anilines is 1. The van der Waals surface area contributed by atoms with Gasteiger partial charge in [0.05, 0.1) is 17.1 Å². The summed E-state index contributed by atoms with van der Waals surface area (Å²) in [4.78, 5) is 0. The number of sulfonamides is 1. The monoisotopic (exact) mass is 300 g/mol. The van der Waals surface area contributed by atoms with Crippen molar-refractivity contribution in [3.63, 3.8) is 0 Å². The summed E-state index contributed by atoms with van der Waals surface area (Å²) < 4.78 is 28.3. The van der Waals surface area contributed by atoms with Gasteiger partial charge in [-0.3, -0.25) is 9.40 Å². The van der Waals surface area contributed by atoms with Gasteiger partial charge in [-0.15, -0.1) is 0 Å². The molecular weight excluding hydrogens is 276 g/mol. The summed E-state index contributed by atoms with van der Waals surface area (Å²) in [6.45, 7) is 2.87. The van der Waals surface area contributed by atoms with Gasteiger partial charge < -0.3 is 5.32 Å². The Bertz CT molecular complexity index is 535. The van der Waals surface area contributed by atoms with Gasteiger partial charge in [0.25, 0.3) is 0 Å². The van der Waals surface area contributed by atoms with Crippen LogP contribution < -0.4 is 10.0 Å². The predicted octanol–water partition coefficient (Wildman–Crippen LogP) is 1.26. The fourth-order valence-corrected chi connectivity index (χ4v) is 3.30. The highest BCUT2D eigenvalue weighted by molar-refractivity contribution is 7.92. The summed E-state index contributed by atoms with van der Waals surface area (Å²) in [6.07, 6.45) is 6.53. The molecule has 0 atom stereocenters. The second kappa shape index (κ2) is 6.58. The molecule has 1 saturated carbocycles. The molecule has 0 bridgehead atoms. The van der Waals surface area contributed by atoms with Gasteiger partial charge in [0, 0.05) is 19.3 Å². The fourth-order valence-electron chi connectivity index (χ4n) is 2.11. The number of nitrogens with one attached hydrogen (secondary N) is 2. The first kappa shape index (κ1) is 15.3. The molecule has 1 aliphatic carbocycles. The van der Waals surface area contributed by atoms with E-state index in [1.807, 2.05) is 6.92 Å². The number of hydrogen-bond acceptors (Lipinski definition) is 4. The predicted molar refractivity (Wildman–Crippen MR) is 80.3 cm³/mol. The van der Waals surface area contributed by atoms with Crippen LogP contribution in [0, 0.1) is 0 Å². The molecular formula is C13H24N4O2S. The lowest BCUT2D eigenvalue weighted by atomic mass is 10.3. The van der Waals surface area contributed by atoms with Crippen molar-refractivity contribution in [2.24, 2.45) is 7.05 Å². The zero-order valence-corrected chi connectivity index (χ0v) is 13.0. The summed E-state index contributed by atoms with van der Waals surface area (Å²) in [5, 5.41) is 7.61. The number of aromatic nitrogens is 2. The van der Waals surface area contributed by atoms with Gasteiger partial charge in [-0.25, -0.2) is 8.42 Å². The van der Waals surface area contributed by atoms with E-state index >= 15 is 0 Å². The van der Waals surface area contributed by atoms with Gasteiger partial charge >= 0.3 is 0 Å². The summed E-state index contributed by atoms with van der Waals surface area (Å²) in [6, 6.07) is 0.687. The highest BCUT2D eigenvalue weighted by atomic mass is 32.2. The van der Waals surface area contributed by atoms with Crippen LogP contribution >= 0.6 is 0 Å². The molecule has 1 aliphatic rings. The van der Waals surface area contributed by atoms with Gasteiger partial charge in [-0.05, 0) is 38.6 Å². The van der Waals surface area contributed by atoms with Gasteiger partial charge in [-0.1, -0.05) is 6.92 Å². The number of hydrogen-bond donors (Lipinski definition) is 2. The quantitative estimate of drug-likeness (QED) is 0.673. The average Bonchev–Trinajstić information content (AvgIpc) is 3.12. The Morgan fingerprint density at radius 1 is 1.40 bits per heavy atom. The Labute approximate surface area is 121 Å². The molecule has 0 spiro atoms. The van der Waals surface area contributed by atoms with Crippen LogP contribution in [0.2, 0.25) is 0 Å². The largest absolute Gasteiger partial charge is 0.314 e. The fraction of sp³-hybridized carbons (Fsp3) is 0.769. The van der Waals surface area contributed by atoms with E-state index in [2.05, 4.69) is 15.1 Å². The zero-order valence-electron chi connectivity index (χ0n) is 12.2. The third kappa shape index (κ3) is 4.79. The maximum Gasteiger partial charge on any atom is 0.232 e. The van der Waals surface area contributed by atoms with E-state index in [-0.39, 0.29) is 5.75 Å². The van der Waals surface area contributed by atoms with E-state index in [1.165, 1.54) is 12.8 Å². The molecule has 0 radical (unpaired) electrons. The number of unbranched alkanes of at least 4 members (excludes halogenated alkanes) is 1. The van der Waals surface area contributed by atoms with Crippen molar-refractivity contribution in [3.8, 4) is 0 Å². The molecule has 114 valence electrons. The van der Waals surface area contributed by atoms with Crippen molar-refractivity contribution in [2.45, 2.75) is 45.1 Å². The third-order valence-corrected chi connectivity index (χ3v) is 4.71. The Morgan fingerprint density at radius 2 is 2.15 bits per heavy atom. The summed E-state index contributed by atoms with van der Waals surface area (Å²) in [7, 11) is -1.48. The molecule has 7 heteroatoms. The minimum atomic E-state index is -3.27. The normalized spacial score (nSPS) is 15.5. The second-order valence-electron chi connectivity index (χ2n) is 5.37. The molecule has 20 heavy (non-hydrogen) atoms. The molecule has 2 rings (SSSR count). The Balaban J connectivity index is 1.77. The van der Waals surface area contributed by atoms with E-state index in [0.717, 1.165) is 18.7 Å². The topological polar surface area (TPSA) is 76.0 Å². The molecule has 0 aliphatic heterocycles. The van der Waals surface area contributed by atoms with Crippen LogP contribution in [0.4, 0.5) is 5.69 Å². The highest BCUT2D eigenvalue weighted by Crippen LogP contribution is 2.18. The number of nitrogens with zero attached hydrogens (tertiary/aromatic N) is 2. The highest BCUT2D eigenvalue weighted by Gasteiger charge is 2.20. The van der Waals surface area contributed by atoms with Crippen molar-refractivity contribution in [1.82, 2.24) is 15.1 Å². The maximum absolute atomic E-state index is 12.0. The SMILES string of the molecule is CCc1nn(C)cc1NS(=O)(=O)CCCCNC1CC1.